The van der Waals surface area contributed by atoms with Crippen LogP contribution in [-0.4, -0.2) is 45.6 Å². The maximum absolute atomic E-state index is 12.1. The number of carbonyl (C=O) groups excluding carboxylic acids is 1. The number of carbonyl (C=O) groups is 1. The number of aliphatic hydroxyl groups excluding tert-OH is 1. The molecule has 0 aliphatic heterocycles. The summed E-state index contributed by atoms with van der Waals surface area (Å²) in [4.78, 5) is 20.7. The van der Waals surface area contributed by atoms with Gasteiger partial charge in [-0.1, -0.05) is 0 Å². The maximum Gasteiger partial charge on any atom is 0.253 e. The average molecular weight is 233 g/mol. The first kappa shape index (κ1) is 11.6. The smallest absolute Gasteiger partial charge is 0.253 e. The molecule has 1 amide bonds. The standard InChI is InChI=1S/C12H15N3O2/c1-8(6-16)15(2)12(17)9-3-4-10-11(5-9)14-7-13-10/h3-5,7-8,16H,6H2,1-2H3,(H,13,14). The van der Waals surface area contributed by atoms with Gasteiger partial charge in [0.15, 0.2) is 0 Å². The van der Waals surface area contributed by atoms with Crippen LogP contribution in [0.5, 0.6) is 0 Å². The Balaban J connectivity index is 2.29. The molecule has 2 N–H and O–H groups in total. The van der Waals surface area contributed by atoms with Crippen molar-refractivity contribution in [3.63, 3.8) is 0 Å². The van der Waals surface area contributed by atoms with E-state index < -0.39 is 0 Å². The molecule has 0 spiro atoms. The largest absolute Gasteiger partial charge is 0.394 e. The second-order valence-corrected chi connectivity index (χ2v) is 4.08. The summed E-state index contributed by atoms with van der Waals surface area (Å²) in [5.74, 6) is -0.108. The molecule has 1 heterocycles. The number of aliphatic hydroxyl groups is 1. The lowest BCUT2D eigenvalue weighted by Gasteiger charge is -2.23. The number of aromatic nitrogens is 2. The van der Waals surface area contributed by atoms with Gasteiger partial charge in [-0.05, 0) is 25.1 Å². The molecule has 0 aliphatic rings. The van der Waals surface area contributed by atoms with Crippen LogP contribution in [0.15, 0.2) is 24.5 Å². The first-order valence-electron chi connectivity index (χ1n) is 5.44. The molecular weight excluding hydrogens is 218 g/mol. The Morgan fingerprint density at radius 3 is 3.06 bits per heavy atom. The zero-order valence-electron chi connectivity index (χ0n) is 9.84. The van der Waals surface area contributed by atoms with Gasteiger partial charge in [0.1, 0.15) is 0 Å². The van der Waals surface area contributed by atoms with E-state index in [4.69, 9.17) is 5.11 Å². The number of H-pyrrole nitrogens is 1. The minimum absolute atomic E-state index is 0.0471. The molecular formula is C12H15N3O2. The lowest BCUT2D eigenvalue weighted by atomic mass is 10.1. The topological polar surface area (TPSA) is 69.2 Å². The second kappa shape index (κ2) is 4.55. The van der Waals surface area contributed by atoms with Crippen molar-refractivity contribution in [1.29, 1.82) is 0 Å². The van der Waals surface area contributed by atoms with Crippen LogP contribution >= 0.6 is 0 Å². The Bertz CT molecular complexity index is 535. The van der Waals surface area contributed by atoms with Gasteiger partial charge in [-0.2, -0.15) is 0 Å². The highest BCUT2D eigenvalue weighted by atomic mass is 16.3. The number of nitrogens with zero attached hydrogens (tertiary/aromatic N) is 2. The quantitative estimate of drug-likeness (QED) is 0.831. The minimum Gasteiger partial charge on any atom is -0.394 e. The number of amides is 1. The molecule has 2 rings (SSSR count). The van der Waals surface area contributed by atoms with Gasteiger partial charge in [-0.3, -0.25) is 4.79 Å². The summed E-state index contributed by atoms with van der Waals surface area (Å²) in [5.41, 5.74) is 2.25. The van der Waals surface area contributed by atoms with Crippen LogP contribution < -0.4 is 0 Å². The number of likely N-dealkylation sites (N-methyl/N-ethyl adjacent to an activating group) is 1. The van der Waals surface area contributed by atoms with Crippen LogP contribution in [0.3, 0.4) is 0 Å². The zero-order valence-corrected chi connectivity index (χ0v) is 9.84. The van der Waals surface area contributed by atoms with Crippen LogP contribution in [0, 0.1) is 0 Å². The van der Waals surface area contributed by atoms with Gasteiger partial charge in [0.25, 0.3) is 5.91 Å². The third kappa shape index (κ3) is 2.14. The van der Waals surface area contributed by atoms with Crippen molar-refractivity contribution in [3.05, 3.63) is 30.1 Å². The van der Waals surface area contributed by atoms with Crippen LogP contribution in [-0.2, 0) is 0 Å². The zero-order chi connectivity index (χ0) is 12.4. The van der Waals surface area contributed by atoms with Crippen molar-refractivity contribution in [1.82, 2.24) is 14.9 Å². The van der Waals surface area contributed by atoms with Gasteiger partial charge < -0.3 is 15.0 Å². The molecule has 5 heteroatoms. The van der Waals surface area contributed by atoms with Gasteiger partial charge in [-0.25, -0.2) is 4.98 Å². The average Bonchev–Trinajstić information content (AvgIpc) is 2.83. The summed E-state index contributed by atoms with van der Waals surface area (Å²) >= 11 is 0. The molecule has 0 saturated carbocycles. The Labute approximate surface area is 99.1 Å². The molecule has 2 aromatic rings. The number of imidazole rings is 1. The molecule has 1 atom stereocenters. The van der Waals surface area contributed by atoms with E-state index in [1.807, 2.05) is 0 Å². The van der Waals surface area contributed by atoms with Gasteiger partial charge in [0.05, 0.1) is 30.0 Å². The van der Waals surface area contributed by atoms with E-state index in [1.54, 1.807) is 38.5 Å². The fraction of sp³-hybridized carbons (Fsp3) is 0.333. The summed E-state index contributed by atoms with van der Waals surface area (Å²) in [7, 11) is 1.68. The summed E-state index contributed by atoms with van der Waals surface area (Å²) < 4.78 is 0. The lowest BCUT2D eigenvalue weighted by Crippen LogP contribution is -2.37. The lowest BCUT2D eigenvalue weighted by molar-refractivity contribution is 0.0682. The van der Waals surface area contributed by atoms with Crippen molar-refractivity contribution in [2.24, 2.45) is 0 Å². The van der Waals surface area contributed by atoms with E-state index >= 15 is 0 Å². The SMILES string of the molecule is CC(CO)N(C)C(=O)c1ccc2nc[nH]c2c1. The van der Waals surface area contributed by atoms with E-state index in [1.165, 1.54) is 4.90 Å². The molecule has 90 valence electrons. The third-order valence-corrected chi connectivity index (χ3v) is 2.91. The molecule has 0 saturated heterocycles. The Kier molecular flexibility index (Phi) is 3.10. The predicted octanol–water partition coefficient (Wildman–Crippen LogP) is 1.02. The first-order chi connectivity index (χ1) is 8.13. The van der Waals surface area contributed by atoms with E-state index in [0.717, 1.165) is 11.0 Å². The number of nitrogens with one attached hydrogen (secondary N) is 1. The van der Waals surface area contributed by atoms with Crippen molar-refractivity contribution >= 4 is 16.9 Å². The van der Waals surface area contributed by atoms with Crippen molar-refractivity contribution < 1.29 is 9.90 Å². The number of fused-ring (bicyclic) bond motifs is 1. The van der Waals surface area contributed by atoms with E-state index in [-0.39, 0.29) is 18.6 Å². The van der Waals surface area contributed by atoms with E-state index in [2.05, 4.69) is 9.97 Å². The summed E-state index contributed by atoms with van der Waals surface area (Å²) in [5, 5.41) is 9.03. The number of hydrogen-bond acceptors (Lipinski definition) is 3. The maximum atomic E-state index is 12.1. The monoisotopic (exact) mass is 233 g/mol. The van der Waals surface area contributed by atoms with Gasteiger partial charge in [0.2, 0.25) is 0 Å². The highest BCUT2D eigenvalue weighted by Crippen LogP contribution is 2.13. The fourth-order valence-corrected chi connectivity index (χ4v) is 1.59. The summed E-state index contributed by atoms with van der Waals surface area (Å²) in [6, 6.07) is 5.12. The molecule has 1 aromatic heterocycles. The molecule has 0 radical (unpaired) electrons. The van der Waals surface area contributed by atoms with Crippen LogP contribution in [0.1, 0.15) is 17.3 Å². The fourth-order valence-electron chi connectivity index (χ4n) is 1.59. The molecule has 0 fully saturated rings. The normalized spacial score (nSPS) is 12.6. The minimum atomic E-state index is -0.194. The van der Waals surface area contributed by atoms with E-state index in [0.29, 0.717) is 5.56 Å². The molecule has 0 bridgehead atoms. The number of benzene rings is 1. The highest BCUT2D eigenvalue weighted by Gasteiger charge is 2.17. The predicted molar refractivity (Wildman–Crippen MR) is 64.7 cm³/mol. The molecule has 0 aliphatic carbocycles. The molecule has 5 nitrogen and oxygen atoms in total. The van der Waals surface area contributed by atoms with Crippen LogP contribution in [0.4, 0.5) is 0 Å². The number of hydrogen-bond donors (Lipinski definition) is 2. The van der Waals surface area contributed by atoms with Crippen LogP contribution in [0.2, 0.25) is 0 Å². The van der Waals surface area contributed by atoms with Gasteiger partial charge in [0, 0.05) is 12.6 Å². The van der Waals surface area contributed by atoms with E-state index in [9.17, 15) is 4.79 Å². The second-order valence-electron chi connectivity index (χ2n) is 4.08. The Morgan fingerprint density at radius 2 is 2.35 bits per heavy atom. The van der Waals surface area contributed by atoms with Gasteiger partial charge in [-0.15, -0.1) is 0 Å². The third-order valence-electron chi connectivity index (χ3n) is 2.91. The highest BCUT2D eigenvalue weighted by molar-refractivity contribution is 5.97. The van der Waals surface area contributed by atoms with Crippen molar-refractivity contribution in [2.75, 3.05) is 13.7 Å². The Hall–Kier alpha value is -1.88. The Morgan fingerprint density at radius 1 is 1.59 bits per heavy atom. The molecule has 1 unspecified atom stereocenters. The summed E-state index contributed by atoms with van der Waals surface area (Å²) in [6.45, 7) is 1.75. The van der Waals surface area contributed by atoms with Crippen molar-refractivity contribution in [3.8, 4) is 0 Å². The number of aromatic amines is 1. The van der Waals surface area contributed by atoms with Gasteiger partial charge >= 0.3 is 0 Å². The van der Waals surface area contributed by atoms with Crippen LogP contribution in [0.25, 0.3) is 11.0 Å². The molecule has 1 aromatic carbocycles. The first-order valence-corrected chi connectivity index (χ1v) is 5.44. The summed E-state index contributed by atoms with van der Waals surface area (Å²) in [6.07, 6.45) is 1.60. The number of rotatable bonds is 3. The molecule has 17 heavy (non-hydrogen) atoms. The van der Waals surface area contributed by atoms with Crippen molar-refractivity contribution in [2.45, 2.75) is 13.0 Å².